The second-order valence-corrected chi connectivity index (χ2v) is 6.63. The van der Waals surface area contributed by atoms with Gasteiger partial charge in [0.25, 0.3) is 0 Å². The number of nitrogens with zero attached hydrogens (tertiary/aromatic N) is 3. The minimum Gasteiger partial charge on any atom is -0.339 e. The second kappa shape index (κ2) is 7.33. The summed E-state index contributed by atoms with van der Waals surface area (Å²) in [5.41, 5.74) is 1.29. The minimum atomic E-state index is -0.331. The first-order chi connectivity index (χ1) is 12.7. The predicted molar refractivity (Wildman–Crippen MR) is 93.3 cm³/mol. The number of piperidine rings is 1. The molecule has 0 spiro atoms. The van der Waals surface area contributed by atoms with E-state index in [2.05, 4.69) is 15.0 Å². The van der Waals surface area contributed by atoms with Gasteiger partial charge in [0.15, 0.2) is 0 Å². The van der Waals surface area contributed by atoms with E-state index in [1.165, 1.54) is 18.2 Å². The molecule has 2 aromatic carbocycles. The SMILES string of the molecule is Fc1cccc(-c2noc(C3CCCN(Cc4ccccc4F)C3)n2)c1. The maximum atomic E-state index is 13.9. The molecule has 0 saturated carbocycles. The normalized spacial score (nSPS) is 18.2. The molecule has 26 heavy (non-hydrogen) atoms. The molecular formula is C20H19F2N3O. The first-order valence-corrected chi connectivity index (χ1v) is 8.74. The summed E-state index contributed by atoms with van der Waals surface area (Å²) in [5, 5.41) is 3.99. The van der Waals surface area contributed by atoms with Gasteiger partial charge in [0.1, 0.15) is 11.6 Å². The van der Waals surface area contributed by atoms with Crippen LogP contribution in [0.25, 0.3) is 11.4 Å². The van der Waals surface area contributed by atoms with E-state index in [-0.39, 0.29) is 17.6 Å². The summed E-state index contributed by atoms with van der Waals surface area (Å²) in [6.45, 7) is 2.21. The predicted octanol–water partition coefficient (Wildman–Crippen LogP) is 4.39. The monoisotopic (exact) mass is 355 g/mol. The maximum Gasteiger partial charge on any atom is 0.231 e. The maximum absolute atomic E-state index is 13.9. The molecular weight excluding hydrogens is 336 g/mol. The van der Waals surface area contributed by atoms with Crippen molar-refractivity contribution >= 4 is 0 Å². The van der Waals surface area contributed by atoms with Gasteiger partial charge in [-0.15, -0.1) is 0 Å². The summed E-state index contributed by atoms with van der Waals surface area (Å²) in [6.07, 6.45) is 1.93. The van der Waals surface area contributed by atoms with Gasteiger partial charge in [-0.3, -0.25) is 4.90 Å². The van der Waals surface area contributed by atoms with E-state index < -0.39 is 0 Å². The quantitative estimate of drug-likeness (QED) is 0.696. The van der Waals surface area contributed by atoms with Crippen molar-refractivity contribution in [2.24, 2.45) is 0 Å². The highest BCUT2D eigenvalue weighted by atomic mass is 19.1. The molecule has 0 radical (unpaired) electrons. The highest BCUT2D eigenvalue weighted by molar-refractivity contribution is 5.53. The van der Waals surface area contributed by atoms with Crippen LogP contribution >= 0.6 is 0 Å². The molecule has 1 atom stereocenters. The Morgan fingerprint density at radius 1 is 1.12 bits per heavy atom. The van der Waals surface area contributed by atoms with E-state index >= 15 is 0 Å². The van der Waals surface area contributed by atoms with E-state index in [1.54, 1.807) is 18.2 Å². The lowest BCUT2D eigenvalue weighted by atomic mass is 9.97. The van der Waals surface area contributed by atoms with Gasteiger partial charge < -0.3 is 4.52 Å². The van der Waals surface area contributed by atoms with Crippen LogP contribution in [0.5, 0.6) is 0 Å². The average Bonchev–Trinajstić information content (AvgIpc) is 3.14. The van der Waals surface area contributed by atoms with E-state index in [9.17, 15) is 8.78 Å². The Kier molecular flexibility index (Phi) is 4.75. The van der Waals surface area contributed by atoms with Crippen LogP contribution in [0.2, 0.25) is 0 Å². The summed E-state index contributed by atoms with van der Waals surface area (Å²) >= 11 is 0. The van der Waals surface area contributed by atoms with Crippen LogP contribution in [0.15, 0.2) is 53.1 Å². The molecule has 134 valence electrons. The molecule has 2 heterocycles. The summed E-state index contributed by atoms with van der Waals surface area (Å²) in [7, 11) is 0. The van der Waals surface area contributed by atoms with Gasteiger partial charge in [-0.25, -0.2) is 8.78 Å². The zero-order valence-electron chi connectivity index (χ0n) is 14.2. The number of aromatic nitrogens is 2. The Hall–Kier alpha value is -2.60. The van der Waals surface area contributed by atoms with Crippen LogP contribution in [0.3, 0.4) is 0 Å². The smallest absolute Gasteiger partial charge is 0.231 e. The molecule has 3 aromatic rings. The largest absolute Gasteiger partial charge is 0.339 e. The molecule has 0 amide bonds. The molecule has 1 fully saturated rings. The zero-order chi connectivity index (χ0) is 17.9. The second-order valence-electron chi connectivity index (χ2n) is 6.63. The van der Waals surface area contributed by atoms with E-state index in [4.69, 9.17) is 4.52 Å². The molecule has 0 N–H and O–H groups in total. The molecule has 6 heteroatoms. The highest BCUT2D eigenvalue weighted by Gasteiger charge is 2.26. The van der Waals surface area contributed by atoms with Gasteiger partial charge in [-0.2, -0.15) is 4.98 Å². The molecule has 0 aliphatic carbocycles. The van der Waals surface area contributed by atoms with E-state index in [1.807, 2.05) is 12.1 Å². The van der Waals surface area contributed by atoms with Crippen molar-refractivity contribution in [3.8, 4) is 11.4 Å². The minimum absolute atomic E-state index is 0.102. The average molecular weight is 355 g/mol. The molecule has 1 saturated heterocycles. The van der Waals surface area contributed by atoms with Crippen molar-refractivity contribution in [3.05, 3.63) is 71.6 Å². The number of hydrogen-bond donors (Lipinski definition) is 0. The van der Waals surface area contributed by atoms with Gasteiger partial charge in [-0.1, -0.05) is 35.5 Å². The van der Waals surface area contributed by atoms with Gasteiger partial charge in [0, 0.05) is 24.2 Å². The third-order valence-corrected chi connectivity index (χ3v) is 4.73. The van der Waals surface area contributed by atoms with Crippen LogP contribution < -0.4 is 0 Å². The van der Waals surface area contributed by atoms with Crippen molar-refractivity contribution in [2.45, 2.75) is 25.3 Å². The highest BCUT2D eigenvalue weighted by Crippen LogP contribution is 2.28. The molecule has 4 rings (SSSR count). The van der Waals surface area contributed by atoms with Crippen molar-refractivity contribution in [1.29, 1.82) is 0 Å². The third-order valence-electron chi connectivity index (χ3n) is 4.73. The number of hydrogen-bond acceptors (Lipinski definition) is 4. The Morgan fingerprint density at radius 3 is 2.85 bits per heavy atom. The van der Waals surface area contributed by atoms with Crippen LogP contribution in [-0.2, 0) is 6.54 Å². The third kappa shape index (κ3) is 3.65. The Morgan fingerprint density at radius 2 is 2.00 bits per heavy atom. The Bertz CT molecular complexity index is 896. The van der Waals surface area contributed by atoms with Gasteiger partial charge >= 0.3 is 0 Å². The van der Waals surface area contributed by atoms with Crippen LogP contribution in [0.1, 0.15) is 30.2 Å². The van der Waals surface area contributed by atoms with Crippen LogP contribution in [0, 0.1) is 11.6 Å². The van der Waals surface area contributed by atoms with Gasteiger partial charge in [-0.05, 0) is 37.6 Å². The first-order valence-electron chi connectivity index (χ1n) is 8.74. The van der Waals surface area contributed by atoms with Gasteiger partial charge in [0.2, 0.25) is 11.7 Å². The summed E-state index contributed by atoms with van der Waals surface area (Å²) < 4.78 is 32.7. The van der Waals surface area contributed by atoms with Crippen molar-refractivity contribution in [1.82, 2.24) is 15.0 Å². The number of halogens is 2. The fraction of sp³-hybridized carbons (Fsp3) is 0.300. The van der Waals surface area contributed by atoms with E-state index in [0.29, 0.717) is 29.4 Å². The Balaban J connectivity index is 1.47. The number of rotatable bonds is 4. The first kappa shape index (κ1) is 16.8. The molecule has 4 nitrogen and oxygen atoms in total. The molecule has 1 aliphatic heterocycles. The fourth-order valence-corrected chi connectivity index (χ4v) is 3.41. The fourth-order valence-electron chi connectivity index (χ4n) is 3.41. The zero-order valence-corrected chi connectivity index (χ0v) is 14.2. The standard InChI is InChI=1S/C20H19F2N3O/c21-17-8-3-6-14(11-17)19-23-20(26-24-19)16-7-4-10-25(13-16)12-15-5-1-2-9-18(15)22/h1-3,5-6,8-9,11,16H,4,7,10,12-13H2. The molecule has 1 aromatic heterocycles. The summed E-state index contributed by atoms with van der Waals surface area (Å²) in [5.74, 6) is 0.543. The Labute approximate surface area is 150 Å². The molecule has 1 aliphatic rings. The lowest BCUT2D eigenvalue weighted by molar-refractivity contribution is 0.178. The van der Waals surface area contributed by atoms with Crippen molar-refractivity contribution in [2.75, 3.05) is 13.1 Å². The topological polar surface area (TPSA) is 42.2 Å². The molecule has 0 bridgehead atoms. The van der Waals surface area contributed by atoms with Crippen molar-refractivity contribution in [3.63, 3.8) is 0 Å². The molecule has 1 unspecified atom stereocenters. The summed E-state index contributed by atoms with van der Waals surface area (Å²) in [4.78, 5) is 6.67. The number of benzene rings is 2. The number of likely N-dealkylation sites (tertiary alicyclic amines) is 1. The van der Waals surface area contributed by atoms with Crippen LogP contribution in [-0.4, -0.2) is 28.1 Å². The van der Waals surface area contributed by atoms with Crippen LogP contribution in [0.4, 0.5) is 8.78 Å². The van der Waals surface area contributed by atoms with E-state index in [0.717, 1.165) is 25.9 Å². The lowest BCUT2D eigenvalue weighted by Crippen LogP contribution is -2.34. The van der Waals surface area contributed by atoms with Crippen molar-refractivity contribution < 1.29 is 13.3 Å². The lowest BCUT2D eigenvalue weighted by Gasteiger charge is -2.31. The summed E-state index contributed by atoms with van der Waals surface area (Å²) in [6, 6.07) is 13.0. The van der Waals surface area contributed by atoms with Gasteiger partial charge in [0.05, 0.1) is 5.92 Å².